The lowest BCUT2D eigenvalue weighted by Crippen LogP contribution is -2.50. The van der Waals surface area contributed by atoms with Crippen LogP contribution in [0.25, 0.3) is 0 Å². The van der Waals surface area contributed by atoms with E-state index in [0.29, 0.717) is 19.7 Å². The van der Waals surface area contributed by atoms with Crippen molar-refractivity contribution in [1.29, 1.82) is 0 Å². The highest BCUT2D eigenvalue weighted by atomic mass is 16.5. The third-order valence-corrected chi connectivity index (χ3v) is 2.80. The van der Waals surface area contributed by atoms with Crippen LogP contribution in [0.1, 0.15) is 26.2 Å². The summed E-state index contributed by atoms with van der Waals surface area (Å²) < 4.78 is 5.47. The highest BCUT2D eigenvalue weighted by molar-refractivity contribution is 5.86. The molecule has 0 aromatic carbocycles. The van der Waals surface area contributed by atoms with Gasteiger partial charge in [0.05, 0.1) is 18.6 Å². The molecule has 1 aliphatic rings. The van der Waals surface area contributed by atoms with Gasteiger partial charge in [0.2, 0.25) is 5.91 Å². The number of nitrogens with two attached hydrogens (primary N) is 1. The first-order valence-electron chi connectivity index (χ1n) is 5.92. The van der Waals surface area contributed by atoms with Crippen molar-refractivity contribution in [3.05, 3.63) is 0 Å². The van der Waals surface area contributed by atoms with Crippen LogP contribution in [0, 0.1) is 0 Å². The van der Waals surface area contributed by atoms with E-state index in [1.807, 2.05) is 6.92 Å². The van der Waals surface area contributed by atoms with Gasteiger partial charge in [-0.2, -0.15) is 0 Å². The Balaban J connectivity index is 2.48. The average Bonchev–Trinajstić information content (AvgIpc) is 2.28. The van der Waals surface area contributed by atoms with Gasteiger partial charge in [-0.05, 0) is 19.8 Å². The van der Waals surface area contributed by atoms with Crippen LogP contribution in [-0.4, -0.2) is 53.7 Å². The maximum atomic E-state index is 11.9. The van der Waals surface area contributed by atoms with Gasteiger partial charge in [-0.15, -0.1) is 0 Å². The van der Waals surface area contributed by atoms with E-state index in [0.717, 1.165) is 12.8 Å². The molecular weight excluding hydrogens is 224 g/mol. The van der Waals surface area contributed by atoms with Crippen LogP contribution in [-0.2, 0) is 14.3 Å². The fourth-order valence-corrected chi connectivity index (χ4v) is 2.02. The van der Waals surface area contributed by atoms with E-state index in [-0.39, 0.29) is 18.4 Å². The molecule has 2 unspecified atom stereocenters. The molecule has 98 valence electrons. The maximum absolute atomic E-state index is 11.9. The van der Waals surface area contributed by atoms with Crippen LogP contribution in [0.3, 0.4) is 0 Å². The summed E-state index contributed by atoms with van der Waals surface area (Å²) in [6, 6.07) is -0.951. The van der Waals surface area contributed by atoms with Gasteiger partial charge >= 0.3 is 5.97 Å². The highest BCUT2D eigenvalue weighted by Crippen LogP contribution is 2.14. The number of aliphatic carboxylic acids is 1. The molecule has 0 saturated carbocycles. The Morgan fingerprint density at radius 1 is 1.59 bits per heavy atom. The molecule has 0 spiro atoms. The summed E-state index contributed by atoms with van der Waals surface area (Å²) in [5.74, 6) is -1.35. The summed E-state index contributed by atoms with van der Waals surface area (Å²) in [7, 11) is 0. The Labute approximate surface area is 101 Å². The van der Waals surface area contributed by atoms with Crippen molar-refractivity contribution < 1.29 is 19.4 Å². The fraction of sp³-hybridized carbons (Fsp3) is 0.818. The van der Waals surface area contributed by atoms with Crippen LogP contribution in [0.2, 0.25) is 0 Å². The molecule has 1 aliphatic heterocycles. The molecule has 1 rings (SSSR count). The SMILES string of the molecule is CCOC1CCCN(C(=O)C(N)CC(=O)O)C1. The molecule has 0 aromatic rings. The highest BCUT2D eigenvalue weighted by Gasteiger charge is 2.28. The van der Waals surface area contributed by atoms with Gasteiger partial charge in [-0.1, -0.05) is 0 Å². The van der Waals surface area contributed by atoms with Crippen LogP contribution >= 0.6 is 0 Å². The lowest BCUT2D eigenvalue weighted by molar-refractivity contribution is -0.143. The maximum Gasteiger partial charge on any atom is 0.305 e. The predicted molar refractivity (Wildman–Crippen MR) is 61.5 cm³/mol. The molecule has 0 aliphatic carbocycles. The van der Waals surface area contributed by atoms with Gasteiger partial charge in [0.25, 0.3) is 0 Å². The zero-order valence-electron chi connectivity index (χ0n) is 10.1. The summed E-state index contributed by atoms with van der Waals surface area (Å²) in [5, 5.41) is 8.59. The minimum absolute atomic E-state index is 0.0507. The summed E-state index contributed by atoms with van der Waals surface area (Å²) >= 11 is 0. The molecule has 1 amide bonds. The number of ether oxygens (including phenoxy) is 1. The first-order chi connectivity index (χ1) is 8.04. The number of piperidine rings is 1. The van der Waals surface area contributed by atoms with E-state index in [2.05, 4.69) is 0 Å². The van der Waals surface area contributed by atoms with E-state index in [9.17, 15) is 9.59 Å². The Hall–Kier alpha value is -1.14. The van der Waals surface area contributed by atoms with Gasteiger partial charge in [-0.3, -0.25) is 9.59 Å². The van der Waals surface area contributed by atoms with Crippen molar-refractivity contribution in [3.63, 3.8) is 0 Å². The van der Waals surface area contributed by atoms with E-state index >= 15 is 0 Å². The van der Waals surface area contributed by atoms with Crippen molar-refractivity contribution in [2.75, 3.05) is 19.7 Å². The minimum Gasteiger partial charge on any atom is -0.481 e. The molecule has 1 heterocycles. The zero-order valence-corrected chi connectivity index (χ0v) is 10.1. The number of hydrogen-bond donors (Lipinski definition) is 2. The number of carboxylic acids is 1. The van der Waals surface area contributed by atoms with Crippen LogP contribution in [0.5, 0.6) is 0 Å². The minimum atomic E-state index is -1.05. The number of carbonyl (C=O) groups is 2. The Bertz CT molecular complexity index is 281. The van der Waals surface area contributed by atoms with Crippen LogP contribution in [0.15, 0.2) is 0 Å². The smallest absolute Gasteiger partial charge is 0.305 e. The number of nitrogens with zero attached hydrogens (tertiary/aromatic N) is 1. The van der Waals surface area contributed by atoms with Crippen molar-refractivity contribution in [1.82, 2.24) is 4.90 Å². The lowest BCUT2D eigenvalue weighted by atomic mass is 10.1. The largest absolute Gasteiger partial charge is 0.481 e. The van der Waals surface area contributed by atoms with E-state index < -0.39 is 12.0 Å². The van der Waals surface area contributed by atoms with Gasteiger partial charge in [-0.25, -0.2) is 0 Å². The number of amides is 1. The fourth-order valence-electron chi connectivity index (χ4n) is 2.02. The molecule has 6 nitrogen and oxygen atoms in total. The van der Waals surface area contributed by atoms with Gasteiger partial charge in [0, 0.05) is 19.7 Å². The number of likely N-dealkylation sites (tertiary alicyclic amines) is 1. The third-order valence-electron chi connectivity index (χ3n) is 2.80. The molecular formula is C11H20N2O4. The molecule has 0 aromatic heterocycles. The van der Waals surface area contributed by atoms with Gasteiger partial charge in [0.15, 0.2) is 0 Å². The lowest BCUT2D eigenvalue weighted by Gasteiger charge is -2.33. The number of carboxylic acid groups (broad SMARTS) is 1. The van der Waals surface area contributed by atoms with E-state index in [4.69, 9.17) is 15.6 Å². The third kappa shape index (κ3) is 4.32. The zero-order chi connectivity index (χ0) is 12.8. The summed E-state index contributed by atoms with van der Waals surface area (Å²) in [4.78, 5) is 24.0. The van der Waals surface area contributed by atoms with Gasteiger partial charge in [0.1, 0.15) is 0 Å². The standard InChI is InChI=1S/C11H20N2O4/c1-2-17-8-4-3-5-13(7-8)11(16)9(12)6-10(14)15/h8-9H,2-7,12H2,1H3,(H,14,15). The second-order valence-electron chi connectivity index (χ2n) is 4.21. The van der Waals surface area contributed by atoms with E-state index in [1.165, 1.54) is 0 Å². The summed E-state index contributed by atoms with van der Waals surface area (Å²) in [5.41, 5.74) is 5.56. The number of hydrogen-bond acceptors (Lipinski definition) is 4. The quantitative estimate of drug-likeness (QED) is 0.699. The number of carbonyl (C=O) groups excluding carboxylic acids is 1. The predicted octanol–water partition coefficient (Wildman–Crippen LogP) is -0.184. The van der Waals surface area contributed by atoms with Crippen LogP contribution in [0.4, 0.5) is 0 Å². The first kappa shape index (κ1) is 13.9. The summed E-state index contributed by atoms with van der Waals surface area (Å²) in [6.45, 7) is 3.68. The average molecular weight is 244 g/mol. The Morgan fingerprint density at radius 3 is 2.88 bits per heavy atom. The molecule has 3 N–H and O–H groups in total. The number of rotatable bonds is 5. The second-order valence-corrected chi connectivity index (χ2v) is 4.21. The van der Waals surface area contributed by atoms with Crippen molar-refractivity contribution in [2.45, 2.75) is 38.3 Å². The van der Waals surface area contributed by atoms with Crippen molar-refractivity contribution in [3.8, 4) is 0 Å². The van der Waals surface area contributed by atoms with Gasteiger partial charge < -0.3 is 20.5 Å². The molecule has 6 heteroatoms. The molecule has 1 fully saturated rings. The second kappa shape index (κ2) is 6.56. The molecule has 1 saturated heterocycles. The topological polar surface area (TPSA) is 92.9 Å². The first-order valence-corrected chi connectivity index (χ1v) is 5.92. The molecule has 17 heavy (non-hydrogen) atoms. The van der Waals surface area contributed by atoms with E-state index in [1.54, 1.807) is 4.90 Å². The normalized spacial score (nSPS) is 22.2. The summed E-state index contributed by atoms with van der Waals surface area (Å²) in [6.07, 6.45) is 1.53. The monoisotopic (exact) mass is 244 g/mol. The van der Waals surface area contributed by atoms with Crippen molar-refractivity contribution in [2.24, 2.45) is 5.73 Å². The molecule has 2 atom stereocenters. The Morgan fingerprint density at radius 2 is 2.29 bits per heavy atom. The molecule has 0 bridgehead atoms. The van der Waals surface area contributed by atoms with Crippen molar-refractivity contribution >= 4 is 11.9 Å². The Kier molecular flexibility index (Phi) is 5.37. The van der Waals surface area contributed by atoms with Crippen LogP contribution < -0.4 is 5.73 Å². The molecule has 0 radical (unpaired) electrons.